The number of nitrogens with zero attached hydrogens (tertiary/aromatic N) is 4. The van der Waals surface area contributed by atoms with Crippen molar-refractivity contribution in [3.63, 3.8) is 0 Å². The van der Waals surface area contributed by atoms with Gasteiger partial charge in [-0.15, -0.1) is 5.10 Å². The molecular weight excluding hydrogens is 456 g/mol. The SMILES string of the molecule is O=C1CCC(N2C(=O)c3cccc(NC(=O)Cn4cc(-c5ccc(O)cc5)nn4)c3C2=O)C(=O)N1. The van der Waals surface area contributed by atoms with Gasteiger partial charge in [0.25, 0.3) is 11.8 Å². The van der Waals surface area contributed by atoms with Crippen LogP contribution in [0.4, 0.5) is 5.69 Å². The van der Waals surface area contributed by atoms with Gasteiger partial charge in [0.15, 0.2) is 0 Å². The molecule has 2 aliphatic heterocycles. The van der Waals surface area contributed by atoms with Gasteiger partial charge < -0.3 is 10.4 Å². The fourth-order valence-corrected chi connectivity index (χ4v) is 4.10. The van der Waals surface area contributed by atoms with Crippen LogP contribution in [0.3, 0.4) is 0 Å². The third-order valence-electron chi connectivity index (χ3n) is 5.75. The van der Waals surface area contributed by atoms with Crippen molar-refractivity contribution in [3.05, 3.63) is 59.8 Å². The second-order valence-corrected chi connectivity index (χ2v) is 8.07. The van der Waals surface area contributed by atoms with Gasteiger partial charge in [-0.1, -0.05) is 11.3 Å². The van der Waals surface area contributed by atoms with E-state index in [2.05, 4.69) is 20.9 Å². The fraction of sp³-hybridized carbons (Fsp3) is 0.174. The number of phenolic OH excluding ortho intramolecular Hbond substituents is 1. The molecule has 5 rings (SSSR count). The van der Waals surface area contributed by atoms with E-state index in [9.17, 15) is 29.1 Å². The van der Waals surface area contributed by atoms with Crippen LogP contribution in [0.2, 0.25) is 0 Å². The lowest BCUT2D eigenvalue weighted by Crippen LogP contribution is -2.54. The summed E-state index contributed by atoms with van der Waals surface area (Å²) in [6.45, 7) is -0.215. The topological polar surface area (TPSA) is 164 Å². The molecule has 0 saturated carbocycles. The van der Waals surface area contributed by atoms with Crippen molar-refractivity contribution in [2.24, 2.45) is 0 Å². The first-order valence-electron chi connectivity index (χ1n) is 10.7. The maximum absolute atomic E-state index is 13.1. The number of anilines is 1. The highest BCUT2D eigenvalue weighted by Crippen LogP contribution is 2.32. The molecule has 1 unspecified atom stereocenters. The Labute approximate surface area is 197 Å². The Hall–Kier alpha value is -4.87. The number of hydrogen-bond acceptors (Lipinski definition) is 8. The first kappa shape index (κ1) is 21.9. The number of amides is 5. The highest BCUT2D eigenvalue weighted by Gasteiger charge is 2.45. The minimum absolute atomic E-state index is 0.0114. The lowest BCUT2D eigenvalue weighted by atomic mass is 10.0. The largest absolute Gasteiger partial charge is 0.508 e. The van der Waals surface area contributed by atoms with Crippen LogP contribution in [0.15, 0.2) is 48.7 Å². The van der Waals surface area contributed by atoms with E-state index in [4.69, 9.17) is 0 Å². The van der Waals surface area contributed by atoms with Crippen molar-refractivity contribution in [1.29, 1.82) is 0 Å². The molecule has 0 aliphatic carbocycles. The molecular formula is C23H18N6O6. The Morgan fingerprint density at radius 3 is 2.60 bits per heavy atom. The summed E-state index contributed by atoms with van der Waals surface area (Å²) in [7, 11) is 0. The predicted octanol–water partition coefficient (Wildman–Crippen LogP) is 0.691. The number of aromatic hydroxyl groups is 1. The summed E-state index contributed by atoms with van der Waals surface area (Å²) in [5, 5.41) is 22.1. The highest BCUT2D eigenvalue weighted by atomic mass is 16.3. The zero-order valence-corrected chi connectivity index (χ0v) is 18.1. The van der Waals surface area contributed by atoms with E-state index in [0.29, 0.717) is 11.3 Å². The Kier molecular flexibility index (Phi) is 5.32. The van der Waals surface area contributed by atoms with Gasteiger partial charge in [0.2, 0.25) is 17.7 Å². The van der Waals surface area contributed by atoms with Crippen LogP contribution in [0.1, 0.15) is 33.6 Å². The number of phenols is 1. The van der Waals surface area contributed by atoms with Gasteiger partial charge in [-0.25, -0.2) is 4.68 Å². The smallest absolute Gasteiger partial charge is 0.264 e. The molecule has 1 atom stereocenters. The van der Waals surface area contributed by atoms with Crippen LogP contribution in [0.5, 0.6) is 5.75 Å². The molecule has 3 N–H and O–H groups in total. The Morgan fingerprint density at radius 2 is 1.86 bits per heavy atom. The van der Waals surface area contributed by atoms with E-state index < -0.39 is 35.6 Å². The molecule has 0 radical (unpaired) electrons. The number of hydrogen-bond donors (Lipinski definition) is 3. The van der Waals surface area contributed by atoms with Crippen molar-refractivity contribution in [2.45, 2.75) is 25.4 Å². The lowest BCUT2D eigenvalue weighted by Gasteiger charge is -2.27. The summed E-state index contributed by atoms with van der Waals surface area (Å²) < 4.78 is 1.31. The van der Waals surface area contributed by atoms with Crippen LogP contribution in [0, 0.1) is 0 Å². The molecule has 3 aromatic rings. The average molecular weight is 474 g/mol. The molecule has 1 fully saturated rings. The Morgan fingerprint density at radius 1 is 1.09 bits per heavy atom. The summed E-state index contributed by atoms with van der Waals surface area (Å²) in [4.78, 5) is 63.2. The molecule has 35 heavy (non-hydrogen) atoms. The van der Waals surface area contributed by atoms with Crippen LogP contribution in [-0.2, 0) is 20.9 Å². The summed E-state index contributed by atoms with van der Waals surface area (Å²) in [6.07, 6.45) is 1.60. The zero-order valence-electron chi connectivity index (χ0n) is 18.1. The molecule has 1 saturated heterocycles. The van der Waals surface area contributed by atoms with Crippen molar-refractivity contribution >= 4 is 35.2 Å². The lowest BCUT2D eigenvalue weighted by molar-refractivity contribution is -0.136. The third kappa shape index (κ3) is 4.01. The number of aromatic nitrogens is 3. The second kappa shape index (κ2) is 8.48. The standard InChI is InChI=1S/C23H18N6O6/c30-13-6-4-12(5-7-13)16-10-28(27-26-16)11-19(32)24-15-3-1-2-14-20(15)23(35)29(22(14)34)17-8-9-18(31)25-21(17)33/h1-7,10,17,30H,8-9,11H2,(H,24,32)(H,25,31,33). The second-order valence-electron chi connectivity index (χ2n) is 8.07. The minimum atomic E-state index is -1.10. The van der Waals surface area contributed by atoms with Gasteiger partial charge in [0, 0.05) is 12.0 Å². The van der Waals surface area contributed by atoms with Crippen LogP contribution in [-0.4, -0.2) is 60.6 Å². The van der Waals surface area contributed by atoms with Gasteiger partial charge >= 0.3 is 0 Å². The summed E-state index contributed by atoms with van der Waals surface area (Å²) in [6, 6.07) is 9.68. The predicted molar refractivity (Wildman–Crippen MR) is 119 cm³/mol. The third-order valence-corrected chi connectivity index (χ3v) is 5.75. The van der Waals surface area contributed by atoms with Gasteiger partial charge in [-0.05, 0) is 42.8 Å². The van der Waals surface area contributed by atoms with Crippen LogP contribution in [0.25, 0.3) is 11.3 Å². The van der Waals surface area contributed by atoms with Crippen LogP contribution < -0.4 is 10.6 Å². The summed E-state index contributed by atoms with van der Waals surface area (Å²) in [5.74, 6) is -2.95. The molecule has 2 aliphatic rings. The highest BCUT2D eigenvalue weighted by molar-refractivity contribution is 6.26. The minimum Gasteiger partial charge on any atom is -0.508 e. The quantitative estimate of drug-likeness (QED) is 0.455. The molecule has 0 bridgehead atoms. The van der Waals surface area contributed by atoms with Gasteiger partial charge in [-0.2, -0.15) is 0 Å². The number of fused-ring (bicyclic) bond motifs is 1. The van der Waals surface area contributed by atoms with Crippen LogP contribution >= 0.6 is 0 Å². The number of carbonyl (C=O) groups excluding carboxylic acids is 5. The maximum Gasteiger partial charge on any atom is 0.264 e. The molecule has 2 aromatic carbocycles. The first-order valence-corrected chi connectivity index (χ1v) is 10.7. The maximum atomic E-state index is 13.1. The summed E-state index contributed by atoms with van der Waals surface area (Å²) >= 11 is 0. The number of imide groups is 2. The summed E-state index contributed by atoms with van der Waals surface area (Å²) in [5.41, 5.74) is 1.37. The molecule has 12 nitrogen and oxygen atoms in total. The number of rotatable bonds is 5. The zero-order chi connectivity index (χ0) is 24.7. The Bertz CT molecular complexity index is 1400. The molecule has 176 valence electrons. The van der Waals surface area contributed by atoms with E-state index in [1.807, 2.05) is 0 Å². The van der Waals surface area contributed by atoms with E-state index in [-0.39, 0.29) is 42.0 Å². The molecule has 5 amide bonds. The van der Waals surface area contributed by atoms with E-state index in [0.717, 1.165) is 4.90 Å². The molecule has 3 heterocycles. The van der Waals surface area contributed by atoms with E-state index in [1.165, 1.54) is 35.0 Å². The number of benzene rings is 2. The molecule has 0 spiro atoms. The van der Waals surface area contributed by atoms with Crippen molar-refractivity contribution in [3.8, 4) is 17.0 Å². The number of carbonyl (C=O) groups is 5. The van der Waals surface area contributed by atoms with Crippen molar-refractivity contribution in [2.75, 3.05) is 5.32 Å². The number of piperidine rings is 1. The van der Waals surface area contributed by atoms with Gasteiger partial charge in [0.05, 0.1) is 23.0 Å². The molecule has 1 aromatic heterocycles. The van der Waals surface area contributed by atoms with Gasteiger partial charge in [-0.3, -0.25) is 34.2 Å². The van der Waals surface area contributed by atoms with E-state index in [1.54, 1.807) is 18.3 Å². The fourth-order valence-electron chi connectivity index (χ4n) is 4.10. The average Bonchev–Trinajstić information content (AvgIpc) is 3.38. The first-order chi connectivity index (χ1) is 16.8. The monoisotopic (exact) mass is 474 g/mol. The molecule has 12 heteroatoms. The van der Waals surface area contributed by atoms with E-state index >= 15 is 0 Å². The normalized spacial score (nSPS) is 17.4. The number of nitrogens with one attached hydrogen (secondary N) is 2. The van der Waals surface area contributed by atoms with Gasteiger partial charge in [0.1, 0.15) is 24.0 Å². The Balaban J connectivity index is 1.33. The van der Waals surface area contributed by atoms with Crippen molar-refractivity contribution in [1.82, 2.24) is 25.2 Å². The van der Waals surface area contributed by atoms with Crippen molar-refractivity contribution < 1.29 is 29.1 Å².